The molecular formula is C8H15NOS. The zero-order chi connectivity index (χ0) is 7.68. The summed E-state index contributed by atoms with van der Waals surface area (Å²) in [6, 6.07) is 0.678. The predicted molar refractivity (Wildman–Crippen MR) is 47.9 cm³/mol. The third-order valence-corrected chi connectivity index (χ3v) is 3.73. The van der Waals surface area contributed by atoms with Crippen LogP contribution in [0.3, 0.4) is 0 Å². The fourth-order valence-electron chi connectivity index (χ4n) is 1.95. The van der Waals surface area contributed by atoms with E-state index in [1.807, 2.05) is 11.8 Å². The topological polar surface area (TPSA) is 23.5 Å². The quantitative estimate of drug-likeness (QED) is 0.579. The highest BCUT2D eigenvalue weighted by molar-refractivity contribution is 7.99. The third kappa shape index (κ3) is 1.71. The van der Waals surface area contributed by atoms with E-state index in [0.29, 0.717) is 6.04 Å². The van der Waals surface area contributed by atoms with Gasteiger partial charge in [-0.1, -0.05) is 0 Å². The van der Waals surface area contributed by atoms with Crippen LogP contribution in [-0.4, -0.2) is 46.7 Å². The summed E-state index contributed by atoms with van der Waals surface area (Å²) in [7, 11) is 0. The van der Waals surface area contributed by atoms with E-state index >= 15 is 0 Å². The molecule has 0 aliphatic carbocycles. The standard InChI is InChI=1S/C8H15NOS/c10-8-1-2-9-3-4-11-6-7(9)5-8/h7-8,10H,1-6H2. The lowest BCUT2D eigenvalue weighted by molar-refractivity contribution is 0.0514. The monoisotopic (exact) mass is 173 g/mol. The van der Waals surface area contributed by atoms with Crippen molar-refractivity contribution >= 4 is 11.8 Å². The third-order valence-electron chi connectivity index (χ3n) is 2.64. The molecule has 2 fully saturated rings. The summed E-state index contributed by atoms with van der Waals surface area (Å²) in [6.07, 6.45) is 1.98. The molecule has 0 radical (unpaired) electrons. The Morgan fingerprint density at radius 1 is 1.36 bits per heavy atom. The normalized spacial score (nSPS) is 40.1. The van der Waals surface area contributed by atoms with Gasteiger partial charge in [-0.05, 0) is 12.8 Å². The van der Waals surface area contributed by atoms with E-state index < -0.39 is 0 Å². The molecule has 2 unspecified atom stereocenters. The molecule has 0 aromatic rings. The molecule has 0 aromatic carbocycles. The summed E-state index contributed by atoms with van der Waals surface area (Å²) in [5.74, 6) is 2.52. The summed E-state index contributed by atoms with van der Waals surface area (Å²) >= 11 is 2.03. The lowest BCUT2D eigenvalue weighted by Gasteiger charge is -2.40. The van der Waals surface area contributed by atoms with E-state index in [1.54, 1.807) is 0 Å². The van der Waals surface area contributed by atoms with Crippen LogP contribution in [0, 0.1) is 0 Å². The molecule has 11 heavy (non-hydrogen) atoms. The molecule has 2 rings (SSSR count). The lowest BCUT2D eigenvalue weighted by Crippen LogP contribution is -2.48. The second-order valence-corrected chi connectivity index (χ2v) is 4.59. The number of hydrogen-bond acceptors (Lipinski definition) is 3. The molecule has 3 heteroatoms. The van der Waals surface area contributed by atoms with Gasteiger partial charge in [0.15, 0.2) is 0 Å². The van der Waals surface area contributed by atoms with Gasteiger partial charge in [0.2, 0.25) is 0 Å². The van der Waals surface area contributed by atoms with Gasteiger partial charge in [0.25, 0.3) is 0 Å². The molecule has 2 nitrogen and oxygen atoms in total. The molecule has 0 bridgehead atoms. The van der Waals surface area contributed by atoms with E-state index in [2.05, 4.69) is 4.90 Å². The van der Waals surface area contributed by atoms with Gasteiger partial charge in [-0.15, -0.1) is 0 Å². The molecule has 2 aliphatic rings. The number of piperidine rings is 1. The molecule has 2 atom stereocenters. The Morgan fingerprint density at radius 2 is 2.27 bits per heavy atom. The van der Waals surface area contributed by atoms with Crippen molar-refractivity contribution in [3.05, 3.63) is 0 Å². The van der Waals surface area contributed by atoms with Crippen molar-refractivity contribution in [1.82, 2.24) is 4.90 Å². The summed E-state index contributed by atoms with van der Waals surface area (Å²) in [5.41, 5.74) is 0. The lowest BCUT2D eigenvalue weighted by atomic mass is 10.0. The molecule has 2 aliphatic heterocycles. The molecule has 0 spiro atoms. The maximum Gasteiger partial charge on any atom is 0.0567 e. The molecule has 64 valence electrons. The molecule has 1 N–H and O–H groups in total. The summed E-state index contributed by atoms with van der Waals surface area (Å²) in [4.78, 5) is 2.53. The minimum absolute atomic E-state index is 0.0186. The molecule has 2 saturated heterocycles. The molecule has 0 aromatic heterocycles. The first-order chi connectivity index (χ1) is 5.36. The minimum Gasteiger partial charge on any atom is -0.393 e. The van der Waals surface area contributed by atoms with Crippen LogP contribution in [0.2, 0.25) is 0 Å². The Kier molecular flexibility index (Phi) is 2.39. The molecule has 0 amide bonds. The van der Waals surface area contributed by atoms with Gasteiger partial charge < -0.3 is 5.11 Å². The van der Waals surface area contributed by atoms with Gasteiger partial charge in [-0.25, -0.2) is 0 Å². The Morgan fingerprint density at radius 3 is 3.18 bits per heavy atom. The van der Waals surface area contributed by atoms with E-state index in [1.165, 1.54) is 18.1 Å². The largest absolute Gasteiger partial charge is 0.393 e. The average Bonchev–Trinajstić information content (AvgIpc) is 2.04. The number of aliphatic hydroxyl groups is 1. The second kappa shape index (κ2) is 3.33. The highest BCUT2D eigenvalue weighted by Gasteiger charge is 2.29. The Bertz CT molecular complexity index is 142. The smallest absolute Gasteiger partial charge is 0.0567 e. The van der Waals surface area contributed by atoms with Gasteiger partial charge in [0.05, 0.1) is 6.10 Å². The van der Waals surface area contributed by atoms with Gasteiger partial charge in [0, 0.05) is 30.6 Å². The van der Waals surface area contributed by atoms with Crippen LogP contribution in [-0.2, 0) is 0 Å². The average molecular weight is 173 g/mol. The molecule has 0 saturated carbocycles. The van der Waals surface area contributed by atoms with Crippen LogP contribution in [0.1, 0.15) is 12.8 Å². The summed E-state index contributed by atoms with van der Waals surface area (Å²) in [6.45, 7) is 2.36. The Balaban J connectivity index is 1.93. The van der Waals surface area contributed by atoms with Gasteiger partial charge in [0.1, 0.15) is 0 Å². The van der Waals surface area contributed by atoms with Crippen molar-refractivity contribution in [1.29, 1.82) is 0 Å². The number of aliphatic hydroxyl groups excluding tert-OH is 1. The van der Waals surface area contributed by atoms with Crippen molar-refractivity contribution in [3.8, 4) is 0 Å². The van der Waals surface area contributed by atoms with Crippen LogP contribution < -0.4 is 0 Å². The predicted octanol–water partition coefficient (Wildman–Crippen LogP) is 0.559. The SMILES string of the molecule is OC1CCN2CCSCC2C1. The van der Waals surface area contributed by atoms with Gasteiger partial charge in [-0.2, -0.15) is 11.8 Å². The van der Waals surface area contributed by atoms with Crippen LogP contribution in [0.25, 0.3) is 0 Å². The maximum atomic E-state index is 9.41. The van der Waals surface area contributed by atoms with Crippen LogP contribution in [0.15, 0.2) is 0 Å². The van der Waals surface area contributed by atoms with Crippen LogP contribution in [0.5, 0.6) is 0 Å². The fraction of sp³-hybridized carbons (Fsp3) is 1.00. The number of thioether (sulfide) groups is 1. The zero-order valence-electron chi connectivity index (χ0n) is 6.70. The van der Waals surface area contributed by atoms with Gasteiger partial charge in [-0.3, -0.25) is 4.90 Å². The highest BCUT2D eigenvalue weighted by atomic mass is 32.2. The number of rotatable bonds is 0. The van der Waals surface area contributed by atoms with Crippen molar-refractivity contribution in [2.24, 2.45) is 0 Å². The van der Waals surface area contributed by atoms with Crippen molar-refractivity contribution in [2.75, 3.05) is 24.6 Å². The highest BCUT2D eigenvalue weighted by Crippen LogP contribution is 2.24. The van der Waals surface area contributed by atoms with E-state index in [4.69, 9.17) is 0 Å². The van der Waals surface area contributed by atoms with Crippen molar-refractivity contribution in [2.45, 2.75) is 25.0 Å². The second-order valence-electron chi connectivity index (χ2n) is 3.44. The van der Waals surface area contributed by atoms with Crippen LogP contribution >= 0.6 is 11.8 Å². The zero-order valence-corrected chi connectivity index (χ0v) is 7.52. The summed E-state index contributed by atoms with van der Waals surface area (Å²) < 4.78 is 0. The number of nitrogens with zero attached hydrogens (tertiary/aromatic N) is 1. The van der Waals surface area contributed by atoms with Crippen molar-refractivity contribution in [3.63, 3.8) is 0 Å². The minimum atomic E-state index is -0.0186. The first-order valence-corrected chi connectivity index (χ1v) is 5.51. The fourth-order valence-corrected chi connectivity index (χ4v) is 3.10. The van der Waals surface area contributed by atoms with E-state index in [9.17, 15) is 5.11 Å². The maximum absolute atomic E-state index is 9.41. The Labute approximate surface area is 72.0 Å². The summed E-state index contributed by atoms with van der Waals surface area (Å²) in [5, 5.41) is 9.41. The van der Waals surface area contributed by atoms with Crippen molar-refractivity contribution < 1.29 is 5.11 Å². The Hall–Kier alpha value is 0.270. The number of fused-ring (bicyclic) bond motifs is 1. The van der Waals surface area contributed by atoms with E-state index in [-0.39, 0.29) is 6.10 Å². The van der Waals surface area contributed by atoms with E-state index in [0.717, 1.165) is 19.4 Å². The van der Waals surface area contributed by atoms with Crippen LogP contribution in [0.4, 0.5) is 0 Å². The molecular weight excluding hydrogens is 158 g/mol. The van der Waals surface area contributed by atoms with Gasteiger partial charge >= 0.3 is 0 Å². The first kappa shape index (κ1) is 7.90. The molecule has 2 heterocycles. The first-order valence-electron chi connectivity index (χ1n) is 4.36. The number of hydrogen-bond donors (Lipinski definition) is 1.